The van der Waals surface area contributed by atoms with Crippen molar-refractivity contribution in [2.45, 2.75) is 32.1 Å². The average Bonchev–Trinajstić information content (AvgIpc) is 3.16. The SMILES string of the molecule is CC(CN)c1ccc(-n2ncc3cc(C(=O)N4CCCCC4)ccc32)cc1. The molecule has 1 aromatic heterocycles. The zero-order valence-corrected chi connectivity index (χ0v) is 15.8. The molecule has 5 nitrogen and oxygen atoms in total. The Bertz CT molecular complexity index is 939. The van der Waals surface area contributed by atoms with E-state index in [0.717, 1.165) is 48.1 Å². The fourth-order valence-electron chi connectivity index (χ4n) is 3.73. The normalized spacial score (nSPS) is 15.9. The first kappa shape index (κ1) is 17.7. The van der Waals surface area contributed by atoms with Crippen LogP contribution in [0.1, 0.15) is 48.0 Å². The number of piperidine rings is 1. The summed E-state index contributed by atoms with van der Waals surface area (Å²) in [7, 11) is 0. The third-order valence-electron chi connectivity index (χ3n) is 5.52. The van der Waals surface area contributed by atoms with Crippen LogP contribution >= 0.6 is 0 Å². The molecule has 5 heteroatoms. The molecule has 1 unspecified atom stereocenters. The maximum atomic E-state index is 12.7. The highest BCUT2D eigenvalue weighted by Gasteiger charge is 2.19. The summed E-state index contributed by atoms with van der Waals surface area (Å²) in [6.45, 7) is 4.49. The van der Waals surface area contributed by atoms with Gasteiger partial charge in [-0.05, 0) is 67.6 Å². The summed E-state index contributed by atoms with van der Waals surface area (Å²) in [5.41, 5.74) is 9.74. The number of hydrogen-bond acceptors (Lipinski definition) is 3. The van der Waals surface area contributed by atoms with Gasteiger partial charge in [-0.2, -0.15) is 5.10 Å². The van der Waals surface area contributed by atoms with Crippen LogP contribution in [0.3, 0.4) is 0 Å². The van der Waals surface area contributed by atoms with E-state index < -0.39 is 0 Å². The maximum Gasteiger partial charge on any atom is 0.253 e. The summed E-state index contributed by atoms with van der Waals surface area (Å²) < 4.78 is 1.92. The fraction of sp³-hybridized carbons (Fsp3) is 0.364. The summed E-state index contributed by atoms with van der Waals surface area (Å²) in [4.78, 5) is 14.7. The molecular formula is C22H26N4O. The van der Waals surface area contributed by atoms with Crippen molar-refractivity contribution in [3.63, 3.8) is 0 Å². The second-order valence-electron chi connectivity index (χ2n) is 7.41. The molecule has 2 N–H and O–H groups in total. The van der Waals surface area contributed by atoms with E-state index in [4.69, 9.17) is 5.73 Å². The first-order chi connectivity index (χ1) is 13.2. The average molecular weight is 362 g/mol. The van der Waals surface area contributed by atoms with Gasteiger partial charge >= 0.3 is 0 Å². The predicted octanol–water partition coefficient (Wildman–Crippen LogP) is 3.71. The topological polar surface area (TPSA) is 64.2 Å². The van der Waals surface area contributed by atoms with Gasteiger partial charge in [0.2, 0.25) is 0 Å². The second kappa shape index (κ2) is 7.53. The first-order valence-corrected chi connectivity index (χ1v) is 9.75. The van der Waals surface area contributed by atoms with Crippen LogP contribution in [-0.4, -0.2) is 40.2 Å². The standard InChI is InChI=1S/C22H26N4O/c1-16(14-23)17-5-8-20(9-6-17)26-21-10-7-18(13-19(21)15-24-26)22(27)25-11-3-2-4-12-25/h5-10,13,15-16H,2-4,11-12,14,23H2,1H3. The Kier molecular flexibility index (Phi) is 4.94. The molecule has 1 saturated heterocycles. The Labute approximate surface area is 159 Å². The molecule has 0 aliphatic carbocycles. The Morgan fingerprint density at radius 1 is 1.11 bits per heavy atom. The molecule has 1 aliphatic heterocycles. The molecule has 2 aromatic carbocycles. The zero-order valence-electron chi connectivity index (χ0n) is 15.8. The molecule has 140 valence electrons. The van der Waals surface area contributed by atoms with E-state index in [1.165, 1.54) is 12.0 Å². The van der Waals surface area contributed by atoms with E-state index in [9.17, 15) is 4.79 Å². The zero-order chi connectivity index (χ0) is 18.8. The van der Waals surface area contributed by atoms with Crippen LogP contribution in [0, 0.1) is 0 Å². The van der Waals surface area contributed by atoms with E-state index >= 15 is 0 Å². The smallest absolute Gasteiger partial charge is 0.253 e. The number of aromatic nitrogens is 2. The largest absolute Gasteiger partial charge is 0.339 e. The third kappa shape index (κ3) is 3.47. The number of carbonyl (C=O) groups excluding carboxylic acids is 1. The van der Waals surface area contributed by atoms with Crippen molar-refractivity contribution in [2.75, 3.05) is 19.6 Å². The molecule has 2 heterocycles. The molecule has 1 fully saturated rings. The van der Waals surface area contributed by atoms with Gasteiger partial charge in [0.1, 0.15) is 0 Å². The molecule has 1 aliphatic rings. The second-order valence-corrected chi connectivity index (χ2v) is 7.41. The van der Waals surface area contributed by atoms with Gasteiger partial charge in [0.25, 0.3) is 5.91 Å². The van der Waals surface area contributed by atoms with Crippen LogP contribution in [0.5, 0.6) is 0 Å². The molecule has 3 aromatic rings. The lowest BCUT2D eigenvalue weighted by Gasteiger charge is -2.26. The number of nitrogens with two attached hydrogens (primary N) is 1. The Morgan fingerprint density at radius 3 is 2.56 bits per heavy atom. The van der Waals surface area contributed by atoms with Crippen molar-refractivity contribution in [2.24, 2.45) is 5.73 Å². The van der Waals surface area contributed by atoms with E-state index in [-0.39, 0.29) is 5.91 Å². The van der Waals surface area contributed by atoms with Gasteiger partial charge < -0.3 is 10.6 Å². The molecular weight excluding hydrogens is 336 g/mol. The van der Waals surface area contributed by atoms with Crippen LogP contribution < -0.4 is 5.73 Å². The number of nitrogens with zero attached hydrogens (tertiary/aromatic N) is 3. The van der Waals surface area contributed by atoms with E-state index in [2.05, 4.69) is 36.3 Å². The summed E-state index contributed by atoms with van der Waals surface area (Å²) in [6.07, 6.45) is 5.26. The minimum Gasteiger partial charge on any atom is -0.339 e. The maximum absolute atomic E-state index is 12.7. The molecule has 0 bridgehead atoms. The number of fused-ring (bicyclic) bond motifs is 1. The predicted molar refractivity (Wildman–Crippen MR) is 108 cm³/mol. The van der Waals surface area contributed by atoms with Gasteiger partial charge in [-0.3, -0.25) is 4.79 Å². The highest BCUT2D eigenvalue weighted by molar-refractivity contribution is 5.98. The minimum atomic E-state index is 0.129. The van der Waals surface area contributed by atoms with Crippen molar-refractivity contribution in [1.82, 2.24) is 14.7 Å². The molecule has 27 heavy (non-hydrogen) atoms. The van der Waals surface area contributed by atoms with E-state index in [1.54, 1.807) is 0 Å². The van der Waals surface area contributed by atoms with Crippen LogP contribution in [0.25, 0.3) is 16.6 Å². The Balaban J connectivity index is 1.61. The molecule has 1 amide bonds. The van der Waals surface area contributed by atoms with Crippen LogP contribution in [0.4, 0.5) is 0 Å². The van der Waals surface area contributed by atoms with Crippen molar-refractivity contribution >= 4 is 16.8 Å². The quantitative estimate of drug-likeness (QED) is 0.769. The van der Waals surface area contributed by atoms with Gasteiger partial charge in [0.15, 0.2) is 0 Å². The van der Waals surface area contributed by atoms with Crippen molar-refractivity contribution in [1.29, 1.82) is 0 Å². The number of rotatable bonds is 4. The van der Waals surface area contributed by atoms with Crippen molar-refractivity contribution in [3.05, 3.63) is 59.8 Å². The molecule has 0 radical (unpaired) electrons. The first-order valence-electron chi connectivity index (χ1n) is 9.75. The molecule has 1 atom stereocenters. The van der Waals surface area contributed by atoms with Crippen LogP contribution in [0.2, 0.25) is 0 Å². The number of hydrogen-bond donors (Lipinski definition) is 1. The van der Waals surface area contributed by atoms with Gasteiger partial charge in [0, 0.05) is 24.0 Å². The van der Waals surface area contributed by atoms with Crippen LogP contribution in [-0.2, 0) is 0 Å². The van der Waals surface area contributed by atoms with Crippen LogP contribution in [0.15, 0.2) is 48.7 Å². The van der Waals surface area contributed by atoms with Gasteiger partial charge in [-0.25, -0.2) is 4.68 Å². The number of benzene rings is 2. The summed E-state index contributed by atoms with van der Waals surface area (Å²) in [6, 6.07) is 14.2. The Morgan fingerprint density at radius 2 is 1.85 bits per heavy atom. The fourth-order valence-corrected chi connectivity index (χ4v) is 3.73. The lowest BCUT2D eigenvalue weighted by atomic mass is 10.0. The minimum absolute atomic E-state index is 0.129. The number of amides is 1. The third-order valence-corrected chi connectivity index (χ3v) is 5.52. The summed E-state index contributed by atoms with van der Waals surface area (Å²) >= 11 is 0. The molecule has 4 rings (SSSR count). The Hall–Kier alpha value is -2.66. The summed E-state index contributed by atoms with van der Waals surface area (Å²) in [5.74, 6) is 0.473. The van der Waals surface area contributed by atoms with Gasteiger partial charge in [-0.15, -0.1) is 0 Å². The lowest BCUT2D eigenvalue weighted by Crippen LogP contribution is -2.35. The lowest BCUT2D eigenvalue weighted by molar-refractivity contribution is 0.0724. The number of carbonyl (C=O) groups is 1. The molecule has 0 spiro atoms. The summed E-state index contributed by atoms with van der Waals surface area (Å²) in [5, 5.41) is 5.52. The highest BCUT2D eigenvalue weighted by Crippen LogP contribution is 2.23. The number of likely N-dealkylation sites (tertiary alicyclic amines) is 1. The van der Waals surface area contributed by atoms with Crippen molar-refractivity contribution in [3.8, 4) is 5.69 Å². The van der Waals surface area contributed by atoms with E-state index in [1.807, 2.05) is 34.0 Å². The van der Waals surface area contributed by atoms with Gasteiger partial charge in [-0.1, -0.05) is 19.1 Å². The highest BCUT2D eigenvalue weighted by atomic mass is 16.2. The van der Waals surface area contributed by atoms with Gasteiger partial charge in [0.05, 0.1) is 17.4 Å². The van der Waals surface area contributed by atoms with E-state index in [0.29, 0.717) is 12.5 Å². The monoisotopic (exact) mass is 362 g/mol. The molecule has 0 saturated carbocycles. The van der Waals surface area contributed by atoms with Crippen molar-refractivity contribution < 1.29 is 4.79 Å².